The summed E-state index contributed by atoms with van der Waals surface area (Å²) in [5, 5.41) is 4.79. The Bertz CT molecular complexity index is 3280. The van der Waals surface area contributed by atoms with Crippen molar-refractivity contribution in [2.24, 2.45) is 0 Å². The van der Waals surface area contributed by atoms with Crippen LogP contribution in [0, 0.1) is 11.6 Å². The lowest BCUT2D eigenvalue weighted by atomic mass is 9.70. The van der Waals surface area contributed by atoms with Crippen LogP contribution in [0.2, 0.25) is 39.3 Å². The van der Waals surface area contributed by atoms with Crippen molar-refractivity contribution >= 4 is 71.4 Å². The van der Waals surface area contributed by atoms with Crippen molar-refractivity contribution in [3.63, 3.8) is 0 Å². The maximum atomic E-state index is 16.5. The van der Waals surface area contributed by atoms with Gasteiger partial charge in [-0.3, -0.25) is 0 Å². The van der Waals surface area contributed by atoms with Crippen LogP contribution in [0.15, 0.2) is 194 Å². The van der Waals surface area contributed by atoms with Gasteiger partial charge in [0.1, 0.15) is 11.6 Å². The average Bonchev–Trinajstić information content (AvgIpc) is 3.77. The Morgan fingerprint density at radius 3 is 1.34 bits per heavy atom. The molecule has 0 atom stereocenters. The molecule has 0 radical (unpaired) electrons. The van der Waals surface area contributed by atoms with Crippen molar-refractivity contribution in [2.75, 3.05) is 9.80 Å². The number of benzene rings is 9. The quantitative estimate of drug-likeness (QED) is 0.140. The van der Waals surface area contributed by atoms with Crippen LogP contribution in [0.4, 0.5) is 42.9 Å². The van der Waals surface area contributed by atoms with Crippen LogP contribution in [-0.2, 0) is 5.41 Å². The third-order valence-electron chi connectivity index (χ3n) is 13.7. The lowest BCUT2D eigenvalue weighted by Crippen LogP contribution is -2.37. The van der Waals surface area contributed by atoms with Gasteiger partial charge in [-0.2, -0.15) is 0 Å². The van der Waals surface area contributed by atoms with E-state index in [0.717, 1.165) is 55.8 Å². The molecule has 2 nitrogen and oxygen atoms in total. The fourth-order valence-electron chi connectivity index (χ4n) is 10.6. The maximum absolute atomic E-state index is 16.5. The van der Waals surface area contributed by atoms with Crippen LogP contribution in [0.25, 0.3) is 33.0 Å². The second kappa shape index (κ2) is 15.1. The van der Waals surface area contributed by atoms with Crippen molar-refractivity contribution in [2.45, 2.75) is 44.7 Å². The minimum Gasteiger partial charge on any atom is -0.308 e. The zero-order valence-corrected chi connectivity index (χ0v) is 39.6. The van der Waals surface area contributed by atoms with Gasteiger partial charge in [-0.05, 0) is 117 Å². The molecule has 0 unspecified atom stereocenters. The first kappa shape index (κ1) is 40.9. The summed E-state index contributed by atoms with van der Waals surface area (Å²) in [5.41, 5.74) is 13.0. The van der Waals surface area contributed by atoms with Crippen molar-refractivity contribution in [3.8, 4) is 22.3 Å². The van der Waals surface area contributed by atoms with Gasteiger partial charge >= 0.3 is 0 Å². The highest BCUT2D eigenvalue weighted by atomic mass is 28.3. The van der Waals surface area contributed by atoms with Gasteiger partial charge in [0, 0.05) is 22.4 Å². The van der Waals surface area contributed by atoms with Crippen molar-refractivity contribution in [1.29, 1.82) is 0 Å². The summed E-state index contributed by atoms with van der Waals surface area (Å²) in [6, 6.07) is 66.9. The molecule has 0 aromatic heterocycles. The van der Waals surface area contributed by atoms with Gasteiger partial charge in [0.2, 0.25) is 0 Å². The van der Waals surface area contributed by atoms with E-state index in [0.29, 0.717) is 11.4 Å². The van der Waals surface area contributed by atoms with E-state index < -0.39 is 21.6 Å². The highest BCUT2D eigenvalue weighted by Crippen LogP contribution is 2.65. The highest BCUT2D eigenvalue weighted by molar-refractivity contribution is 6.89. The number of hydrogen-bond acceptors (Lipinski definition) is 2. The molecular formula is C59H50F2N2Si2. The molecule has 11 rings (SSSR count). The minimum absolute atomic E-state index is 0.293. The average molecular weight is 881 g/mol. The first-order valence-corrected chi connectivity index (χ1v) is 29.6. The summed E-state index contributed by atoms with van der Waals surface area (Å²) in [5.74, 6) is -0.588. The predicted octanol–water partition coefficient (Wildman–Crippen LogP) is 15.5. The Balaban J connectivity index is 1.23. The van der Waals surface area contributed by atoms with Crippen LogP contribution < -0.4 is 20.2 Å². The van der Waals surface area contributed by atoms with Crippen molar-refractivity contribution in [1.82, 2.24) is 0 Å². The van der Waals surface area contributed by atoms with E-state index >= 15 is 8.78 Å². The molecule has 0 saturated heterocycles. The van der Waals surface area contributed by atoms with E-state index in [9.17, 15) is 0 Å². The number of halogens is 2. The minimum atomic E-state index is -1.63. The molecule has 9 aromatic carbocycles. The SMILES string of the molecule is C[Si](C)(C)c1ccc(N(c2ccc3c(c2)C2(c4ccccc4-c4ccccc42)c2cc(N(c4ccc([Si](C)(C)C)cc4)c4ccccc4F)c4ccccc4c2-3)c2ccccc2F)cc1. The number of anilines is 6. The van der Waals surface area contributed by atoms with Crippen molar-refractivity contribution < 1.29 is 8.78 Å². The Kier molecular flexibility index (Phi) is 9.51. The molecule has 1 spiro atoms. The molecular weight excluding hydrogens is 831 g/mol. The molecule has 0 fully saturated rings. The van der Waals surface area contributed by atoms with Crippen LogP contribution in [0.1, 0.15) is 22.3 Å². The first-order chi connectivity index (χ1) is 31.4. The number of fused-ring (bicyclic) bond motifs is 12. The molecule has 0 amide bonds. The summed E-state index contributed by atoms with van der Waals surface area (Å²) in [6.07, 6.45) is 0. The number of hydrogen-bond donors (Lipinski definition) is 0. The van der Waals surface area contributed by atoms with Gasteiger partial charge < -0.3 is 9.80 Å². The Hall–Kier alpha value is -6.87. The predicted molar refractivity (Wildman–Crippen MR) is 275 cm³/mol. The zero-order chi connectivity index (χ0) is 44.8. The lowest BCUT2D eigenvalue weighted by Gasteiger charge is -2.34. The van der Waals surface area contributed by atoms with Gasteiger partial charge in [0.05, 0.1) is 38.6 Å². The van der Waals surface area contributed by atoms with Crippen LogP contribution in [-0.4, -0.2) is 16.1 Å². The second-order valence-corrected chi connectivity index (χ2v) is 29.8. The summed E-state index contributed by atoms with van der Waals surface area (Å²) < 4.78 is 32.8. The highest BCUT2D eigenvalue weighted by Gasteiger charge is 2.53. The molecule has 0 aliphatic heterocycles. The van der Waals surface area contributed by atoms with Crippen LogP contribution >= 0.6 is 0 Å². The molecule has 65 heavy (non-hydrogen) atoms. The third-order valence-corrected chi connectivity index (χ3v) is 17.9. The fourth-order valence-corrected chi connectivity index (χ4v) is 12.9. The first-order valence-electron chi connectivity index (χ1n) is 22.6. The van der Waals surface area contributed by atoms with E-state index in [2.05, 4.69) is 195 Å². The molecule has 2 aliphatic rings. The smallest absolute Gasteiger partial charge is 0.147 e. The second-order valence-electron chi connectivity index (χ2n) is 19.6. The molecule has 0 bridgehead atoms. The van der Waals surface area contributed by atoms with Gasteiger partial charge in [0.25, 0.3) is 0 Å². The zero-order valence-electron chi connectivity index (χ0n) is 37.6. The van der Waals surface area contributed by atoms with Gasteiger partial charge in [-0.1, -0.05) is 177 Å². The number of rotatable bonds is 8. The van der Waals surface area contributed by atoms with Crippen molar-refractivity contribution in [3.05, 3.63) is 228 Å². The maximum Gasteiger partial charge on any atom is 0.147 e. The number of para-hydroxylation sites is 2. The normalized spacial score (nSPS) is 13.4. The summed E-state index contributed by atoms with van der Waals surface area (Å²) >= 11 is 0. The summed E-state index contributed by atoms with van der Waals surface area (Å²) in [4.78, 5) is 4.19. The molecule has 0 saturated carbocycles. The van der Waals surface area contributed by atoms with E-state index in [4.69, 9.17) is 0 Å². The van der Waals surface area contributed by atoms with E-state index in [-0.39, 0.29) is 11.6 Å². The standard InChI is InChI=1S/C59H50F2N2Si2/c1-64(2,3)42-32-27-39(28-33-42)62(55-25-15-13-23-53(55)60)41-31-36-48-51(37-41)59(49-21-11-9-17-44(49)45-18-10-12-22-50(45)59)52-38-57(46-19-7-8-20-47(46)58(48)52)63(56-26-16-14-24-54(56)61)40-29-34-43(35-30-40)65(4,5)6/h7-38H,1-6H3. The Morgan fingerprint density at radius 1 is 0.354 bits per heavy atom. The van der Waals surface area contributed by atoms with Gasteiger partial charge in [0.15, 0.2) is 0 Å². The van der Waals surface area contributed by atoms with Gasteiger partial charge in [-0.25, -0.2) is 8.78 Å². The molecule has 0 heterocycles. The molecule has 9 aromatic rings. The molecule has 2 aliphatic carbocycles. The Labute approximate surface area is 383 Å². The lowest BCUT2D eigenvalue weighted by molar-refractivity contribution is 0.628. The summed E-state index contributed by atoms with van der Waals surface area (Å²) in [7, 11) is -3.24. The molecule has 6 heteroatoms. The molecule has 318 valence electrons. The van der Waals surface area contributed by atoms with E-state index in [1.54, 1.807) is 24.3 Å². The van der Waals surface area contributed by atoms with Gasteiger partial charge in [-0.15, -0.1) is 0 Å². The topological polar surface area (TPSA) is 6.48 Å². The monoisotopic (exact) mass is 880 g/mol. The largest absolute Gasteiger partial charge is 0.308 e. The third kappa shape index (κ3) is 6.37. The fraction of sp³-hybridized carbons (Fsp3) is 0.119. The summed E-state index contributed by atoms with van der Waals surface area (Å²) in [6.45, 7) is 14.1. The van der Waals surface area contributed by atoms with Crippen LogP contribution in [0.3, 0.4) is 0 Å². The van der Waals surface area contributed by atoms with E-state index in [1.165, 1.54) is 32.6 Å². The molecule has 0 N–H and O–H groups in total. The van der Waals surface area contributed by atoms with E-state index in [1.807, 2.05) is 24.3 Å². The number of nitrogens with zero attached hydrogens (tertiary/aromatic N) is 2. The Morgan fingerprint density at radius 2 is 0.800 bits per heavy atom. The van der Waals surface area contributed by atoms with Crippen LogP contribution in [0.5, 0.6) is 0 Å².